The van der Waals surface area contributed by atoms with E-state index < -0.39 is 0 Å². The van der Waals surface area contributed by atoms with Crippen molar-refractivity contribution in [2.24, 2.45) is 0 Å². The van der Waals surface area contributed by atoms with Gasteiger partial charge in [-0.1, -0.05) is 66.7 Å². The van der Waals surface area contributed by atoms with Crippen LogP contribution in [0.5, 0.6) is 0 Å². The van der Waals surface area contributed by atoms with Gasteiger partial charge in [-0.25, -0.2) is 0 Å². The Bertz CT molecular complexity index is 1240. The molecule has 0 unspecified atom stereocenters. The van der Waals surface area contributed by atoms with Crippen molar-refractivity contribution in [1.29, 1.82) is 0 Å². The minimum absolute atomic E-state index is 1.14. The highest BCUT2D eigenvalue weighted by Gasteiger charge is 2.18. The van der Waals surface area contributed by atoms with Crippen LogP contribution in [-0.2, 0) is 0 Å². The number of fused-ring (bicyclic) bond motifs is 3. The molecule has 0 saturated heterocycles. The molecule has 1 aromatic heterocycles. The van der Waals surface area contributed by atoms with Crippen LogP contribution in [0.1, 0.15) is 0 Å². The first-order valence-electron chi connectivity index (χ1n) is 9.23. The van der Waals surface area contributed by atoms with Crippen molar-refractivity contribution >= 4 is 27.5 Å². The van der Waals surface area contributed by atoms with Gasteiger partial charge in [0.25, 0.3) is 0 Å². The molecule has 130 valence electrons. The summed E-state index contributed by atoms with van der Waals surface area (Å²) < 4.78 is 2.36. The van der Waals surface area contributed by atoms with Crippen molar-refractivity contribution in [1.82, 2.24) is 4.57 Å². The normalized spacial score (nSPS) is 11.1. The molecule has 0 atom stereocenters. The molecule has 0 fully saturated rings. The van der Waals surface area contributed by atoms with Gasteiger partial charge in [-0.05, 0) is 35.9 Å². The first-order valence-corrected chi connectivity index (χ1v) is 9.23. The maximum atomic E-state index is 3.39. The highest BCUT2D eigenvalue weighted by atomic mass is 15.0. The molecular weight excluding hydrogens is 328 g/mol. The Kier molecular flexibility index (Phi) is 3.68. The average Bonchev–Trinajstić information content (AvgIpc) is 3.08. The van der Waals surface area contributed by atoms with E-state index in [1.165, 1.54) is 38.6 Å². The highest BCUT2D eigenvalue weighted by Crippen LogP contribution is 2.42. The molecule has 0 aliphatic carbocycles. The zero-order valence-corrected chi connectivity index (χ0v) is 15.2. The van der Waals surface area contributed by atoms with Crippen LogP contribution in [0.3, 0.4) is 0 Å². The zero-order chi connectivity index (χ0) is 18.2. The topological polar surface area (TPSA) is 17.0 Å². The molecule has 2 heteroatoms. The summed E-state index contributed by atoms with van der Waals surface area (Å²) in [5, 5.41) is 5.95. The third-order valence-corrected chi connectivity index (χ3v) is 5.18. The molecular formula is C25H20N2. The van der Waals surface area contributed by atoms with Gasteiger partial charge in [0.2, 0.25) is 0 Å². The lowest BCUT2D eigenvalue weighted by Crippen LogP contribution is -1.95. The average molecular weight is 348 g/mol. The summed E-state index contributed by atoms with van der Waals surface area (Å²) in [7, 11) is 1.99. The van der Waals surface area contributed by atoms with Crippen LogP contribution < -0.4 is 5.32 Å². The number of benzene rings is 4. The second-order valence-corrected chi connectivity index (χ2v) is 6.69. The molecule has 0 aliphatic rings. The van der Waals surface area contributed by atoms with Crippen LogP contribution in [0.25, 0.3) is 38.6 Å². The molecule has 27 heavy (non-hydrogen) atoms. The van der Waals surface area contributed by atoms with E-state index in [-0.39, 0.29) is 0 Å². The lowest BCUT2D eigenvalue weighted by molar-refractivity contribution is 1.18. The molecule has 0 bridgehead atoms. The minimum Gasteiger partial charge on any atom is -0.388 e. The van der Waals surface area contributed by atoms with Gasteiger partial charge in [0.05, 0.1) is 11.0 Å². The Hall–Kier alpha value is -3.52. The maximum Gasteiger partial charge on any atom is 0.0548 e. The number of nitrogens with one attached hydrogen (secondary N) is 1. The lowest BCUT2D eigenvalue weighted by atomic mass is 9.97. The van der Waals surface area contributed by atoms with E-state index in [1.54, 1.807) is 0 Å². The second-order valence-electron chi connectivity index (χ2n) is 6.69. The minimum atomic E-state index is 1.14. The predicted molar refractivity (Wildman–Crippen MR) is 116 cm³/mol. The quantitative estimate of drug-likeness (QED) is 0.394. The van der Waals surface area contributed by atoms with Gasteiger partial charge in [0.15, 0.2) is 0 Å². The summed E-state index contributed by atoms with van der Waals surface area (Å²) in [6.07, 6.45) is 0. The number of nitrogens with zero attached hydrogens (tertiary/aromatic N) is 1. The van der Waals surface area contributed by atoms with E-state index in [0.29, 0.717) is 0 Å². The van der Waals surface area contributed by atoms with Gasteiger partial charge in [-0.3, -0.25) is 0 Å². The number of hydrogen-bond donors (Lipinski definition) is 1. The smallest absolute Gasteiger partial charge is 0.0548 e. The van der Waals surface area contributed by atoms with Crippen LogP contribution in [0.2, 0.25) is 0 Å². The summed E-state index contributed by atoms with van der Waals surface area (Å²) in [4.78, 5) is 0. The monoisotopic (exact) mass is 348 g/mol. The molecule has 0 saturated carbocycles. The predicted octanol–water partition coefficient (Wildman–Crippen LogP) is 6.49. The molecule has 5 aromatic rings. The molecule has 0 aliphatic heterocycles. The summed E-state index contributed by atoms with van der Waals surface area (Å²) in [5.41, 5.74) is 7.25. The number of aromatic nitrogens is 1. The van der Waals surface area contributed by atoms with Crippen LogP contribution >= 0.6 is 0 Å². The van der Waals surface area contributed by atoms with Gasteiger partial charge in [0.1, 0.15) is 0 Å². The Morgan fingerprint density at radius 3 is 2.04 bits per heavy atom. The van der Waals surface area contributed by atoms with E-state index in [2.05, 4.69) is 107 Å². The zero-order valence-electron chi connectivity index (χ0n) is 15.2. The largest absolute Gasteiger partial charge is 0.388 e. The van der Waals surface area contributed by atoms with Crippen LogP contribution in [0.4, 0.5) is 5.69 Å². The molecule has 2 nitrogen and oxygen atoms in total. The molecule has 0 spiro atoms. The molecule has 0 amide bonds. The first kappa shape index (κ1) is 15.7. The lowest BCUT2D eigenvalue weighted by Gasteiger charge is -2.13. The molecule has 1 heterocycles. The van der Waals surface area contributed by atoms with Crippen molar-refractivity contribution in [3.63, 3.8) is 0 Å². The fourth-order valence-corrected chi connectivity index (χ4v) is 4.03. The third kappa shape index (κ3) is 2.42. The van der Waals surface area contributed by atoms with Gasteiger partial charge >= 0.3 is 0 Å². The van der Waals surface area contributed by atoms with Crippen LogP contribution in [0, 0.1) is 0 Å². The van der Waals surface area contributed by atoms with Crippen molar-refractivity contribution in [2.45, 2.75) is 0 Å². The Morgan fingerprint density at radius 1 is 0.630 bits per heavy atom. The van der Waals surface area contributed by atoms with Gasteiger partial charge in [0, 0.05) is 34.8 Å². The van der Waals surface area contributed by atoms with Crippen molar-refractivity contribution in [3.05, 3.63) is 97.1 Å². The number of para-hydroxylation sites is 2. The van der Waals surface area contributed by atoms with Crippen LogP contribution in [0.15, 0.2) is 97.1 Å². The van der Waals surface area contributed by atoms with Crippen LogP contribution in [-0.4, -0.2) is 11.6 Å². The van der Waals surface area contributed by atoms with Crippen molar-refractivity contribution < 1.29 is 0 Å². The van der Waals surface area contributed by atoms with E-state index in [4.69, 9.17) is 0 Å². The van der Waals surface area contributed by atoms with Gasteiger partial charge in [-0.2, -0.15) is 0 Å². The summed E-state index contributed by atoms with van der Waals surface area (Å²) in [5.74, 6) is 0. The van der Waals surface area contributed by atoms with E-state index in [0.717, 1.165) is 5.69 Å². The van der Waals surface area contributed by atoms with Gasteiger partial charge < -0.3 is 9.88 Å². The Labute approximate surface area is 158 Å². The number of anilines is 1. The van der Waals surface area contributed by atoms with E-state index in [9.17, 15) is 0 Å². The number of rotatable bonds is 3. The van der Waals surface area contributed by atoms with Crippen molar-refractivity contribution in [2.75, 3.05) is 12.4 Å². The van der Waals surface area contributed by atoms with Gasteiger partial charge in [-0.15, -0.1) is 0 Å². The molecule has 5 rings (SSSR count). The molecule has 1 N–H and O–H groups in total. The maximum absolute atomic E-state index is 3.39. The Balaban J connectivity index is 1.99. The standard InChI is InChI=1S/C25H20N2/c1-26-21-16-17-23-25(24(21)18-10-4-2-5-11-18)20-14-8-9-15-22(20)27(23)19-12-6-3-7-13-19/h2-17,26H,1H3. The fraction of sp³-hybridized carbons (Fsp3) is 0.0400. The molecule has 4 aromatic carbocycles. The van der Waals surface area contributed by atoms with E-state index in [1.807, 2.05) is 7.05 Å². The summed E-state index contributed by atoms with van der Waals surface area (Å²) in [6, 6.07) is 34.3. The SMILES string of the molecule is CNc1ccc2c(c1-c1ccccc1)c1ccccc1n2-c1ccccc1. The summed E-state index contributed by atoms with van der Waals surface area (Å²) >= 11 is 0. The summed E-state index contributed by atoms with van der Waals surface area (Å²) in [6.45, 7) is 0. The van der Waals surface area contributed by atoms with Crippen molar-refractivity contribution in [3.8, 4) is 16.8 Å². The first-order chi connectivity index (χ1) is 13.4. The third-order valence-electron chi connectivity index (χ3n) is 5.18. The van der Waals surface area contributed by atoms with E-state index >= 15 is 0 Å². The Morgan fingerprint density at radius 2 is 1.30 bits per heavy atom. The number of hydrogen-bond acceptors (Lipinski definition) is 1. The highest BCUT2D eigenvalue weighted by molar-refractivity contribution is 6.18. The fourth-order valence-electron chi connectivity index (χ4n) is 4.03. The molecule has 0 radical (unpaired) electrons. The second kappa shape index (κ2) is 6.33.